The Morgan fingerprint density at radius 2 is 1.71 bits per heavy atom. The van der Waals surface area contributed by atoms with Gasteiger partial charge in [-0.1, -0.05) is 41.9 Å². The largest absolute Gasteiger partial charge is 0.436 e. The number of rotatable bonds is 3. The van der Waals surface area contributed by atoms with Crippen molar-refractivity contribution in [2.45, 2.75) is 13.8 Å². The van der Waals surface area contributed by atoms with Crippen LogP contribution in [0.4, 0.5) is 5.69 Å². The summed E-state index contributed by atoms with van der Waals surface area (Å²) in [6.07, 6.45) is 0. The van der Waals surface area contributed by atoms with Gasteiger partial charge in [0.15, 0.2) is 5.58 Å². The minimum Gasteiger partial charge on any atom is -0.436 e. The van der Waals surface area contributed by atoms with Gasteiger partial charge in [-0.2, -0.15) is 0 Å². The number of fused-ring (bicyclic) bond motifs is 2. The summed E-state index contributed by atoms with van der Waals surface area (Å²) in [7, 11) is 0. The first-order valence-electron chi connectivity index (χ1n) is 9.96. The molecule has 1 amide bonds. The average molecular weight is 427 g/mol. The first-order valence-corrected chi connectivity index (χ1v) is 10.3. The summed E-state index contributed by atoms with van der Waals surface area (Å²) < 4.78 is 6.01. The van der Waals surface area contributed by atoms with E-state index in [0.29, 0.717) is 33.3 Å². The number of benzene rings is 4. The van der Waals surface area contributed by atoms with E-state index < -0.39 is 0 Å². The molecule has 0 saturated heterocycles. The van der Waals surface area contributed by atoms with Gasteiger partial charge in [-0.15, -0.1) is 0 Å². The Morgan fingerprint density at radius 3 is 2.55 bits per heavy atom. The number of carbonyl (C=O) groups excluding carboxylic acids is 1. The second kappa shape index (κ2) is 7.56. The number of nitrogens with one attached hydrogen (secondary N) is 1. The van der Waals surface area contributed by atoms with Crippen molar-refractivity contribution in [3.05, 3.63) is 94.5 Å². The van der Waals surface area contributed by atoms with E-state index in [9.17, 15) is 4.79 Å². The molecule has 1 aromatic heterocycles. The van der Waals surface area contributed by atoms with Crippen molar-refractivity contribution in [3.8, 4) is 11.5 Å². The minimum absolute atomic E-state index is 0.158. The molecule has 0 fully saturated rings. The zero-order valence-corrected chi connectivity index (χ0v) is 17.8. The molecule has 1 N–H and O–H groups in total. The Balaban J connectivity index is 1.49. The topological polar surface area (TPSA) is 55.1 Å². The number of carbonyl (C=O) groups is 1. The van der Waals surface area contributed by atoms with Crippen LogP contribution >= 0.6 is 11.6 Å². The van der Waals surface area contributed by atoms with Crippen molar-refractivity contribution < 1.29 is 9.21 Å². The smallest absolute Gasteiger partial charge is 0.255 e. The Bertz CT molecular complexity index is 1470. The van der Waals surface area contributed by atoms with Gasteiger partial charge >= 0.3 is 0 Å². The van der Waals surface area contributed by atoms with Crippen LogP contribution in [-0.2, 0) is 0 Å². The van der Waals surface area contributed by atoms with Crippen LogP contribution in [0.25, 0.3) is 33.3 Å². The number of amides is 1. The van der Waals surface area contributed by atoms with Crippen LogP contribution < -0.4 is 5.32 Å². The van der Waals surface area contributed by atoms with E-state index in [4.69, 9.17) is 16.0 Å². The van der Waals surface area contributed by atoms with Gasteiger partial charge in [0.05, 0.1) is 0 Å². The predicted octanol–water partition coefficient (Wildman–Crippen LogP) is 7.17. The maximum Gasteiger partial charge on any atom is 0.255 e. The highest BCUT2D eigenvalue weighted by Crippen LogP contribution is 2.34. The highest BCUT2D eigenvalue weighted by Gasteiger charge is 2.14. The summed E-state index contributed by atoms with van der Waals surface area (Å²) >= 11 is 6.34. The molecule has 4 nitrogen and oxygen atoms in total. The number of hydrogen-bond acceptors (Lipinski definition) is 3. The monoisotopic (exact) mass is 426 g/mol. The summed E-state index contributed by atoms with van der Waals surface area (Å²) in [4.78, 5) is 17.3. The van der Waals surface area contributed by atoms with Crippen molar-refractivity contribution >= 4 is 45.1 Å². The van der Waals surface area contributed by atoms with Crippen LogP contribution in [0.15, 0.2) is 77.2 Å². The second-order valence-corrected chi connectivity index (χ2v) is 8.00. The Hall–Kier alpha value is -3.63. The zero-order valence-electron chi connectivity index (χ0n) is 17.1. The molecule has 0 saturated carbocycles. The van der Waals surface area contributed by atoms with E-state index >= 15 is 0 Å². The molecule has 5 heteroatoms. The van der Waals surface area contributed by atoms with Gasteiger partial charge in [0.2, 0.25) is 5.89 Å². The standard InChI is InChI=1S/C26H19ClN2O2/c1-15-9-10-17(13-16(15)2)25(30)28-18-11-12-24-23(14-18)29-26(31-24)21-7-3-6-20-19(21)5-4-8-22(20)27/h3-14H,1-2H3,(H,28,30). The third-order valence-electron chi connectivity index (χ3n) is 5.51. The molecule has 0 spiro atoms. The molecule has 0 aliphatic rings. The fourth-order valence-corrected chi connectivity index (χ4v) is 3.90. The molecule has 0 bridgehead atoms. The van der Waals surface area contributed by atoms with E-state index in [1.807, 2.05) is 86.6 Å². The number of oxazole rings is 1. The molecule has 1 heterocycles. The molecule has 5 rings (SSSR count). The summed E-state index contributed by atoms with van der Waals surface area (Å²) in [5.41, 5.74) is 5.72. The molecule has 0 aliphatic heterocycles. The van der Waals surface area contributed by atoms with Crippen molar-refractivity contribution in [3.63, 3.8) is 0 Å². The summed E-state index contributed by atoms with van der Waals surface area (Å²) in [6, 6.07) is 22.8. The molecule has 0 atom stereocenters. The maximum absolute atomic E-state index is 12.7. The highest BCUT2D eigenvalue weighted by molar-refractivity contribution is 6.35. The summed E-state index contributed by atoms with van der Waals surface area (Å²) in [5.74, 6) is 0.357. The van der Waals surface area contributed by atoms with Crippen molar-refractivity contribution in [2.75, 3.05) is 5.32 Å². The van der Waals surface area contributed by atoms with E-state index in [1.54, 1.807) is 0 Å². The normalized spacial score (nSPS) is 11.2. The Labute approximate surface area is 184 Å². The fourth-order valence-electron chi connectivity index (χ4n) is 3.66. The summed E-state index contributed by atoms with van der Waals surface area (Å²) in [5, 5.41) is 5.56. The quantitative estimate of drug-likeness (QED) is 0.332. The molecule has 4 aromatic carbocycles. The molecule has 0 aliphatic carbocycles. The van der Waals surface area contributed by atoms with E-state index in [1.165, 1.54) is 0 Å². The number of aromatic nitrogens is 1. The lowest BCUT2D eigenvalue weighted by Crippen LogP contribution is -2.12. The van der Waals surface area contributed by atoms with Crippen LogP contribution in [0.5, 0.6) is 0 Å². The lowest BCUT2D eigenvalue weighted by atomic mass is 10.0. The summed E-state index contributed by atoms with van der Waals surface area (Å²) in [6.45, 7) is 4.02. The molecule has 31 heavy (non-hydrogen) atoms. The van der Waals surface area contributed by atoms with Gasteiger partial charge in [0.25, 0.3) is 5.91 Å². The van der Waals surface area contributed by atoms with E-state index in [0.717, 1.165) is 27.5 Å². The van der Waals surface area contributed by atoms with Gasteiger partial charge < -0.3 is 9.73 Å². The third-order valence-corrected chi connectivity index (χ3v) is 5.84. The van der Waals surface area contributed by atoms with E-state index in [2.05, 4.69) is 10.3 Å². The third kappa shape index (κ3) is 3.56. The van der Waals surface area contributed by atoms with E-state index in [-0.39, 0.29) is 5.91 Å². The first-order chi connectivity index (χ1) is 15.0. The number of aryl methyl sites for hydroxylation is 2. The number of nitrogens with zero attached hydrogens (tertiary/aromatic N) is 1. The number of hydrogen-bond donors (Lipinski definition) is 1. The lowest BCUT2D eigenvalue weighted by molar-refractivity contribution is 0.102. The molecule has 0 unspecified atom stereocenters. The maximum atomic E-state index is 12.7. The van der Waals surface area contributed by atoms with Crippen LogP contribution in [0.3, 0.4) is 0 Å². The van der Waals surface area contributed by atoms with Crippen LogP contribution in [0.2, 0.25) is 5.02 Å². The molecule has 152 valence electrons. The molecule has 0 radical (unpaired) electrons. The van der Waals surface area contributed by atoms with Crippen LogP contribution in [0.1, 0.15) is 21.5 Å². The molecular formula is C26H19ClN2O2. The predicted molar refractivity (Wildman–Crippen MR) is 126 cm³/mol. The van der Waals surface area contributed by atoms with Crippen molar-refractivity contribution in [2.24, 2.45) is 0 Å². The number of anilines is 1. The highest BCUT2D eigenvalue weighted by atomic mass is 35.5. The van der Waals surface area contributed by atoms with Crippen molar-refractivity contribution in [1.82, 2.24) is 4.98 Å². The Morgan fingerprint density at radius 1 is 0.903 bits per heavy atom. The molecular weight excluding hydrogens is 408 g/mol. The molecule has 5 aromatic rings. The zero-order chi connectivity index (χ0) is 21.5. The van der Waals surface area contributed by atoms with Gasteiger partial charge in [0.1, 0.15) is 5.52 Å². The van der Waals surface area contributed by atoms with Gasteiger partial charge in [-0.25, -0.2) is 4.98 Å². The van der Waals surface area contributed by atoms with Gasteiger partial charge in [-0.05, 0) is 72.8 Å². The SMILES string of the molecule is Cc1ccc(C(=O)Nc2ccc3oc(-c4cccc5c(Cl)cccc45)nc3c2)cc1C. The van der Waals surface area contributed by atoms with Crippen LogP contribution in [-0.4, -0.2) is 10.9 Å². The second-order valence-electron chi connectivity index (χ2n) is 7.60. The van der Waals surface area contributed by atoms with Crippen LogP contribution in [0, 0.1) is 13.8 Å². The van der Waals surface area contributed by atoms with Gasteiger partial charge in [-0.3, -0.25) is 4.79 Å². The van der Waals surface area contributed by atoms with Gasteiger partial charge in [0, 0.05) is 27.2 Å². The Kier molecular flexibility index (Phi) is 4.72. The fraction of sp³-hybridized carbons (Fsp3) is 0.0769. The number of halogens is 1. The average Bonchev–Trinajstić information content (AvgIpc) is 3.19. The van der Waals surface area contributed by atoms with Crippen molar-refractivity contribution in [1.29, 1.82) is 0 Å². The first kappa shape index (κ1) is 19.3. The lowest BCUT2D eigenvalue weighted by Gasteiger charge is -2.07. The minimum atomic E-state index is -0.158.